The Balaban J connectivity index is 2.40. The number of nitrogen functional groups attached to an aromatic ring is 1. The Bertz CT molecular complexity index is 599. The summed E-state index contributed by atoms with van der Waals surface area (Å²) in [7, 11) is 3.55. The van der Waals surface area contributed by atoms with Gasteiger partial charge in [-0.1, -0.05) is 6.07 Å². The quantitative estimate of drug-likeness (QED) is 0.577. The number of hydrogen-bond acceptors (Lipinski definition) is 7. The number of para-hydroxylation sites is 1. The second kappa shape index (κ2) is 5.97. The summed E-state index contributed by atoms with van der Waals surface area (Å²) in [5.74, 6) is 5.64. The van der Waals surface area contributed by atoms with Crippen molar-refractivity contribution in [1.29, 1.82) is 0 Å². The molecule has 0 atom stereocenters. The van der Waals surface area contributed by atoms with Crippen molar-refractivity contribution < 1.29 is 4.39 Å². The van der Waals surface area contributed by atoms with Gasteiger partial charge in [-0.05, 0) is 28.1 Å². The molecule has 20 heavy (non-hydrogen) atoms. The van der Waals surface area contributed by atoms with Gasteiger partial charge in [-0.3, -0.25) is 5.43 Å². The smallest absolute Gasteiger partial charge is 0.243 e. The fourth-order valence-corrected chi connectivity index (χ4v) is 1.86. The molecule has 0 amide bonds. The lowest BCUT2D eigenvalue weighted by Crippen LogP contribution is -2.18. The van der Waals surface area contributed by atoms with Crippen LogP contribution in [0.3, 0.4) is 0 Å². The van der Waals surface area contributed by atoms with Gasteiger partial charge >= 0.3 is 0 Å². The molecule has 0 saturated heterocycles. The molecule has 0 aliphatic carbocycles. The minimum atomic E-state index is -0.423. The molecule has 0 saturated carbocycles. The standard InChI is InChI=1S/C11H13BrFN7/c1-20(2)11-17-9(16-10(18-11)19-14)15-8-6(12)4-3-5-7(8)13/h3-5H,14H2,1-2H3,(H2,15,16,17,18,19). The van der Waals surface area contributed by atoms with E-state index in [9.17, 15) is 4.39 Å². The second-order valence-corrected chi connectivity index (χ2v) is 4.90. The summed E-state index contributed by atoms with van der Waals surface area (Å²) in [6.45, 7) is 0. The van der Waals surface area contributed by atoms with Gasteiger partial charge in [0.1, 0.15) is 5.82 Å². The molecule has 0 aliphatic heterocycles. The van der Waals surface area contributed by atoms with Crippen molar-refractivity contribution in [2.24, 2.45) is 5.84 Å². The van der Waals surface area contributed by atoms with Gasteiger partial charge in [-0.2, -0.15) is 15.0 Å². The van der Waals surface area contributed by atoms with Crippen molar-refractivity contribution in [2.75, 3.05) is 29.7 Å². The van der Waals surface area contributed by atoms with E-state index >= 15 is 0 Å². The van der Waals surface area contributed by atoms with Crippen LogP contribution < -0.4 is 21.5 Å². The average Bonchev–Trinajstić information content (AvgIpc) is 2.42. The van der Waals surface area contributed by atoms with E-state index in [-0.39, 0.29) is 17.6 Å². The molecule has 0 spiro atoms. The molecule has 0 radical (unpaired) electrons. The van der Waals surface area contributed by atoms with Crippen LogP contribution in [0.15, 0.2) is 22.7 Å². The molecule has 1 aromatic carbocycles. The third kappa shape index (κ3) is 3.11. The van der Waals surface area contributed by atoms with Crippen molar-refractivity contribution in [3.05, 3.63) is 28.5 Å². The summed E-state index contributed by atoms with van der Waals surface area (Å²) < 4.78 is 14.3. The summed E-state index contributed by atoms with van der Waals surface area (Å²) in [5.41, 5.74) is 2.59. The average molecular weight is 342 g/mol. The first-order valence-corrected chi connectivity index (χ1v) is 6.41. The van der Waals surface area contributed by atoms with Gasteiger partial charge < -0.3 is 10.2 Å². The van der Waals surface area contributed by atoms with E-state index in [1.165, 1.54) is 6.07 Å². The predicted molar refractivity (Wildman–Crippen MR) is 79.3 cm³/mol. The lowest BCUT2D eigenvalue weighted by Gasteiger charge is -2.14. The molecule has 9 heteroatoms. The number of nitrogens with zero attached hydrogens (tertiary/aromatic N) is 4. The Morgan fingerprint density at radius 2 is 1.90 bits per heavy atom. The number of aromatic nitrogens is 3. The monoisotopic (exact) mass is 341 g/mol. The van der Waals surface area contributed by atoms with Gasteiger partial charge in [0, 0.05) is 18.6 Å². The normalized spacial score (nSPS) is 10.2. The highest BCUT2D eigenvalue weighted by molar-refractivity contribution is 9.10. The van der Waals surface area contributed by atoms with Crippen molar-refractivity contribution >= 4 is 39.5 Å². The number of anilines is 4. The summed E-state index contributed by atoms with van der Waals surface area (Å²) >= 11 is 3.26. The lowest BCUT2D eigenvalue weighted by atomic mass is 10.3. The van der Waals surface area contributed by atoms with Crippen LogP contribution in [-0.2, 0) is 0 Å². The van der Waals surface area contributed by atoms with E-state index in [4.69, 9.17) is 5.84 Å². The molecular weight excluding hydrogens is 329 g/mol. The first-order valence-electron chi connectivity index (χ1n) is 5.62. The molecular formula is C11H13BrFN7. The number of hydrazine groups is 1. The van der Waals surface area contributed by atoms with Gasteiger partial charge in [0.2, 0.25) is 17.8 Å². The van der Waals surface area contributed by atoms with Gasteiger partial charge in [0.05, 0.1) is 5.69 Å². The highest BCUT2D eigenvalue weighted by atomic mass is 79.9. The molecule has 0 bridgehead atoms. The van der Waals surface area contributed by atoms with Crippen LogP contribution in [-0.4, -0.2) is 29.0 Å². The van der Waals surface area contributed by atoms with Crippen molar-refractivity contribution in [3.63, 3.8) is 0 Å². The van der Waals surface area contributed by atoms with Gasteiger partial charge in [-0.25, -0.2) is 10.2 Å². The second-order valence-electron chi connectivity index (χ2n) is 4.04. The first kappa shape index (κ1) is 14.4. The maximum absolute atomic E-state index is 13.8. The molecule has 0 fully saturated rings. The van der Waals surface area contributed by atoms with E-state index in [0.717, 1.165) is 0 Å². The van der Waals surface area contributed by atoms with E-state index in [0.29, 0.717) is 10.4 Å². The topological polar surface area (TPSA) is 92.0 Å². The number of rotatable bonds is 4. The summed E-state index contributed by atoms with van der Waals surface area (Å²) in [6.07, 6.45) is 0. The molecule has 2 aromatic rings. The zero-order valence-corrected chi connectivity index (χ0v) is 12.4. The van der Waals surface area contributed by atoms with Crippen LogP contribution in [0.5, 0.6) is 0 Å². The van der Waals surface area contributed by atoms with Crippen LogP contribution in [0, 0.1) is 5.82 Å². The highest BCUT2D eigenvalue weighted by Gasteiger charge is 2.11. The number of halogens is 2. The van der Waals surface area contributed by atoms with Crippen LogP contribution in [0.4, 0.5) is 27.9 Å². The number of nitrogens with two attached hydrogens (primary N) is 1. The lowest BCUT2D eigenvalue weighted by molar-refractivity contribution is 0.631. The van der Waals surface area contributed by atoms with Crippen molar-refractivity contribution in [3.8, 4) is 0 Å². The van der Waals surface area contributed by atoms with Crippen molar-refractivity contribution in [1.82, 2.24) is 15.0 Å². The van der Waals surface area contributed by atoms with Gasteiger partial charge in [0.15, 0.2) is 0 Å². The van der Waals surface area contributed by atoms with Crippen LogP contribution >= 0.6 is 15.9 Å². The number of hydrogen-bond donors (Lipinski definition) is 3. The number of nitrogens with one attached hydrogen (secondary N) is 2. The van der Waals surface area contributed by atoms with Crippen molar-refractivity contribution in [2.45, 2.75) is 0 Å². The SMILES string of the molecule is CN(C)c1nc(NN)nc(Nc2c(F)cccc2Br)n1. The van der Waals surface area contributed by atoms with Gasteiger partial charge in [0.25, 0.3) is 0 Å². The highest BCUT2D eigenvalue weighted by Crippen LogP contribution is 2.27. The molecule has 4 N–H and O–H groups in total. The third-order valence-corrected chi connectivity index (χ3v) is 3.01. The molecule has 0 unspecified atom stereocenters. The van der Waals surface area contributed by atoms with E-state index < -0.39 is 5.82 Å². The zero-order chi connectivity index (χ0) is 14.7. The molecule has 7 nitrogen and oxygen atoms in total. The number of benzene rings is 1. The Labute approximate surface area is 123 Å². The Hall–Kier alpha value is -2.00. The Morgan fingerprint density at radius 3 is 2.50 bits per heavy atom. The van der Waals surface area contributed by atoms with E-state index in [1.807, 2.05) is 0 Å². The maximum Gasteiger partial charge on any atom is 0.243 e. The van der Waals surface area contributed by atoms with Crippen LogP contribution in [0.1, 0.15) is 0 Å². The molecule has 1 aromatic heterocycles. The molecule has 1 heterocycles. The first-order chi connectivity index (χ1) is 9.51. The van der Waals surface area contributed by atoms with E-state index in [1.54, 1.807) is 31.1 Å². The van der Waals surface area contributed by atoms with Crippen LogP contribution in [0.2, 0.25) is 0 Å². The maximum atomic E-state index is 13.8. The Kier molecular flexibility index (Phi) is 4.30. The van der Waals surface area contributed by atoms with E-state index in [2.05, 4.69) is 41.6 Å². The largest absolute Gasteiger partial charge is 0.347 e. The minimum absolute atomic E-state index is 0.179. The summed E-state index contributed by atoms with van der Waals surface area (Å²) in [4.78, 5) is 13.9. The third-order valence-electron chi connectivity index (χ3n) is 2.35. The van der Waals surface area contributed by atoms with Gasteiger partial charge in [-0.15, -0.1) is 0 Å². The summed E-state index contributed by atoms with van der Waals surface area (Å²) in [6, 6.07) is 4.64. The zero-order valence-electron chi connectivity index (χ0n) is 10.9. The molecule has 2 rings (SSSR count). The fraction of sp³-hybridized carbons (Fsp3) is 0.182. The minimum Gasteiger partial charge on any atom is -0.347 e. The van der Waals surface area contributed by atoms with Crippen LogP contribution in [0.25, 0.3) is 0 Å². The Morgan fingerprint density at radius 1 is 1.20 bits per heavy atom. The fourth-order valence-electron chi connectivity index (χ4n) is 1.41. The molecule has 106 valence electrons. The summed E-state index contributed by atoms with van der Waals surface area (Å²) in [5, 5.41) is 2.80. The molecule has 0 aliphatic rings. The predicted octanol–water partition coefficient (Wildman–Crippen LogP) is 1.87.